The van der Waals surface area contributed by atoms with Crippen molar-refractivity contribution >= 4 is 28.8 Å². The van der Waals surface area contributed by atoms with Gasteiger partial charge in [-0.15, -0.1) is 0 Å². The van der Waals surface area contributed by atoms with Crippen molar-refractivity contribution in [2.24, 2.45) is 0 Å². The molecule has 34 heavy (non-hydrogen) atoms. The van der Waals surface area contributed by atoms with Gasteiger partial charge in [0.1, 0.15) is 11.4 Å². The van der Waals surface area contributed by atoms with Crippen LogP contribution >= 0.6 is 0 Å². The number of likely N-dealkylation sites (N-methyl/N-ethyl adjacent to an activating group) is 1. The third-order valence-corrected chi connectivity index (χ3v) is 6.14. The summed E-state index contributed by atoms with van der Waals surface area (Å²) in [5.74, 6) is 0.184. The van der Waals surface area contributed by atoms with Crippen LogP contribution in [0.1, 0.15) is 32.8 Å². The molecule has 2 heterocycles. The van der Waals surface area contributed by atoms with Gasteiger partial charge in [0.05, 0.1) is 11.7 Å². The van der Waals surface area contributed by atoms with Gasteiger partial charge in [-0.3, -0.25) is 14.5 Å². The largest absolute Gasteiger partial charge is 0.491 e. The van der Waals surface area contributed by atoms with E-state index in [1.165, 1.54) is 4.90 Å². The van der Waals surface area contributed by atoms with E-state index in [2.05, 4.69) is 34.3 Å². The summed E-state index contributed by atoms with van der Waals surface area (Å²) in [4.78, 5) is 32.4. The number of nitrogens with zero attached hydrogens (tertiary/aromatic N) is 3. The van der Waals surface area contributed by atoms with E-state index >= 15 is 0 Å². The Hall–Kier alpha value is -3.32. The van der Waals surface area contributed by atoms with Crippen molar-refractivity contribution in [3.63, 3.8) is 0 Å². The number of benzene rings is 2. The topological polar surface area (TPSA) is 65.1 Å². The number of rotatable bonds is 8. The molecule has 7 nitrogen and oxygen atoms in total. The van der Waals surface area contributed by atoms with Gasteiger partial charge in [0.15, 0.2) is 0 Å². The molecule has 0 radical (unpaired) electrons. The Balaban J connectivity index is 1.60. The molecule has 1 saturated heterocycles. The molecule has 0 spiro atoms. The summed E-state index contributed by atoms with van der Waals surface area (Å²) in [7, 11) is 2.14. The number of carbonyl (C=O) groups is 2. The fourth-order valence-corrected chi connectivity index (χ4v) is 4.32. The Labute approximate surface area is 202 Å². The lowest BCUT2D eigenvalue weighted by atomic mass is 10.0. The van der Waals surface area contributed by atoms with Gasteiger partial charge in [0.25, 0.3) is 11.8 Å². The lowest BCUT2D eigenvalue weighted by molar-refractivity contribution is -0.136. The van der Waals surface area contributed by atoms with Crippen molar-refractivity contribution in [3.8, 4) is 5.75 Å². The summed E-state index contributed by atoms with van der Waals surface area (Å²) >= 11 is 0. The first-order chi connectivity index (χ1) is 16.4. The summed E-state index contributed by atoms with van der Waals surface area (Å²) in [5, 5.41) is 3.25. The Kier molecular flexibility index (Phi) is 7.22. The van der Waals surface area contributed by atoms with Crippen LogP contribution in [0.2, 0.25) is 0 Å². The lowest BCUT2D eigenvalue weighted by Crippen LogP contribution is -2.44. The zero-order valence-corrected chi connectivity index (χ0v) is 20.5. The summed E-state index contributed by atoms with van der Waals surface area (Å²) in [6, 6.07) is 15.4. The monoisotopic (exact) mass is 462 g/mol. The van der Waals surface area contributed by atoms with E-state index in [0.717, 1.165) is 43.3 Å². The van der Waals surface area contributed by atoms with Crippen LogP contribution in [0.4, 0.5) is 11.4 Å². The van der Waals surface area contributed by atoms with E-state index in [0.29, 0.717) is 29.8 Å². The van der Waals surface area contributed by atoms with E-state index in [4.69, 9.17) is 4.74 Å². The molecule has 0 atom stereocenters. The second-order valence-corrected chi connectivity index (χ2v) is 9.17. The molecule has 2 aliphatic rings. The molecule has 2 amide bonds. The molecule has 0 aromatic heterocycles. The van der Waals surface area contributed by atoms with Crippen LogP contribution in [0, 0.1) is 0 Å². The van der Waals surface area contributed by atoms with Gasteiger partial charge in [0, 0.05) is 44.1 Å². The molecular weight excluding hydrogens is 428 g/mol. The van der Waals surface area contributed by atoms with Crippen molar-refractivity contribution in [2.45, 2.75) is 33.3 Å². The fraction of sp³-hybridized carbons (Fsp3) is 0.407. The minimum absolute atomic E-state index is 0.0610. The number of carbonyl (C=O) groups excluding carboxylic acids is 2. The average Bonchev–Trinajstić information content (AvgIpc) is 3.05. The van der Waals surface area contributed by atoms with Gasteiger partial charge in [-0.2, -0.15) is 0 Å². The molecule has 4 rings (SSSR count). The summed E-state index contributed by atoms with van der Waals surface area (Å²) < 4.78 is 5.73. The van der Waals surface area contributed by atoms with Gasteiger partial charge in [-0.1, -0.05) is 19.1 Å². The highest BCUT2D eigenvalue weighted by molar-refractivity contribution is 6.36. The summed E-state index contributed by atoms with van der Waals surface area (Å²) in [6.07, 6.45) is 0.768. The van der Waals surface area contributed by atoms with Crippen molar-refractivity contribution in [1.29, 1.82) is 0 Å². The van der Waals surface area contributed by atoms with Crippen molar-refractivity contribution in [3.05, 3.63) is 59.8 Å². The second kappa shape index (κ2) is 10.3. The van der Waals surface area contributed by atoms with Crippen molar-refractivity contribution in [2.75, 3.05) is 50.0 Å². The van der Waals surface area contributed by atoms with Crippen LogP contribution in [0.25, 0.3) is 5.57 Å². The minimum Gasteiger partial charge on any atom is -0.491 e. The van der Waals surface area contributed by atoms with Crippen LogP contribution in [0.15, 0.2) is 54.2 Å². The Morgan fingerprint density at radius 2 is 1.56 bits per heavy atom. The molecule has 2 aliphatic heterocycles. The Morgan fingerprint density at radius 3 is 2.15 bits per heavy atom. The number of hydrogen-bond donors (Lipinski definition) is 1. The van der Waals surface area contributed by atoms with Gasteiger partial charge in [0.2, 0.25) is 0 Å². The van der Waals surface area contributed by atoms with Gasteiger partial charge in [-0.25, -0.2) is 0 Å². The molecule has 180 valence electrons. The third-order valence-electron chi connectivity index (χ3n) is 6.14. The van der Waals surface area contributed by atoms with E-state index in [-0.39, 0.29) is 17.9 Å². The molecule has 0 bridgehead atoms. The van der Waals surface area contributed by atoms with E-state index in [1.807, 2.05) is 57.2 Å². The van der Waals surface area contributed by atoms with Crippen LogP contribution in [-0.2, 0) is 9.59 Å². The van der Waals surface area contributed by atoms with Crippen LogP contribution < -0.4 is 15.0 Å². The number of imide groups is 1. The maximum absolute atomic E-state index is 13.2. The molecule has 2 aromatic carbocycles. The molecule has 1 fully saturated rings. The zero-order chi connectivity index (χ0) is 24.2. The molecule has 0 saturated carbocycles. The van der Waals surface area contributed by atoms with Crippen LogP contribution in [0.5, 0.6) is 5.75 Å². The highest BCUT2D eigenvalue weighted by Gasteiger charge is 2.38. The number of anilines is 2. The highest BCUT2D eigenvalue weighted by Crippen LogP contribution is 2.32. The Morgan fingerprint density at radius 1 is 0.912 bits per heavy atom. The average molecular weight is 463 g/mol. The van der Waals surface area contributed by atoms with Crippen molar-refractivity contribution in [1.82, 2.24) is 9.80 Å². The normalized spacial score (nSPS) is 17.2. The number of amides is 2. The number of piperazine rings is 1. The predicted octanol–water partition coefficient (Wildman–Crippen LogP) is 3.83. The standard InChI is InChI=1S/C27H34N4O3/c1-5-14-31-26(32)24(20-6-12-23(13-7-20)34-19(2)3)25(27(31)33)28-21-8-10-22(11-9-21)30-17-15-29(4)16-18-30/h6-13,19,28H,5,14-18H2,1-4H3. The third kappa shape index (κ3) is 5.09. The summed E-state index contributed by atoms with van der Waals surface area (Å²) in [6.45, 7) is 10.4. The first-order valence-corrected chi connectivity index (χ1v) is 12.1. The van der Waals surface area contributed by atoms with E-state index in [9.17, 15) is 9.59 Å². The molecule has 0 aliphatic carbocycles. The smallest absolute Gasteiger partial charge is 0.278 e. The predicted molar refractivity (Wildman–Crippen MR) is 136 cm³/mol. The maximum Gasteiger partial charge on any atom is 0.278 e. The first kappa shape index (κ1) is 23.8. The van der Waals surface area contributed by atoms with Crippen LogP contribution in [-0.4, -0.2) is 67.5 Å². The molecular formula is C27H34N4O3. The van der Waals surface area contributed by atoms with Gasteiger partial charge < -0.3 is 19.9 Å². The van der Waals surface area contributed by atoms with Gasteiger partial charge in [-0.05, 0) is 69.3 Å². The number of nitrogens with one attached hydrogen (secondary N) is 1. The first-order valence-electron chi connectivity index (χ1n) is 12.1. The van der Waals surface area contributed by atoms with Crippen LogP contribution in [0.3, 0.4) is 0 Å². The van der Waals surface area contributed by atoms with Crippen molar-refractivity contribution < 1.29 is 14.3 Å². The quantitative estimate of drug-likeness (QED) is 0.602. The minimum atomic E-state index is -0.285. The fourth-order valence-electron chi connectivity index (χ4n) is 4.32. The highest BCUT2D eigenvalue weighted by atomic mass is 16.5. The number of ether oxygens (including phenoxy) is 1. The second-order valence-electron chi connectivity index (χ2n) is 9.17. The zero-order valence-electron chi connectivity index (χ0n) is 20.5. The summed E-state index contributed by atoms with van der Waals surface area (Å²) in [5.41, 5.74) is 3.37. The molecule has 2 aromatic rings. The van der Waals surface area contributed by atoms with E-state index < -0.39 is 0 Å². The van der Waals surface area contributed by atoms with E-state index in [1.54, 1.807) is 0 Å². The molecule has 1 N–H and O–H groups in total. The molecule has 0 unspecified atom stereocenters. The number of hydrogen-bond acceptors (Lipinski definition) is 6. The maximum atomic E-state index is 13.2. The van der Waals surface area contributed by atoms with Gasteiger partial charge >= 0.3 is 0 Å². The molecule has 7 heteroatoms. The Bertz CT molecular complexity index is 1050. The lowest BCUT2D eigenvalue weighted by Gasteiger charge is -2.34. The SMILES string of the molecule is CCCN1C(=O)C(Nc2ccc(N3CCN(C)CC3)cc2)=C(c2ccc(OC(C)C)cc2)C1=O.